The van der Waals surface area contributed by atoms with Gasteiger partial charge in [-0.2, -0.15) is 0 Å². The highest BCUT2D eigenvalue weighted by Gasteiger charge is 2.41. The van der Waals surface area contributed by atoms with Crippen LogP contribution >= 0.6 is 0 Å². The molecule has 2 aromatic rings. The second-order valence-corrected chi connectivity index (χ2v) is 8.53. The fraction of sp³-hybridized carbons (Fsp3) is 0.375. The van der Waals surface area contributed by atoms with Crippen molar-refractivity contribution in [3.8, 4) is 11.5 Å². The second-order valence-electron chi connectivity index (χ2n) is 8.53. The zero-order valence-corrected chi connectivity index (χ0v) is 18.1. The van der Waals surface area contributed by atoms with Crippen LogP contribution in [0.25, 0.3) is 0 Å². The summed E-state index contributed by atoms with van der Waals surface area (Å²) in [5.41, 5.74) is 5.63. The van der Waals surface area contributed by atoms with Gasteiger partial charge in [0.2, 0.25) is 5.91 Å². The van der Waals surface area contributed by atoms with E-state index < -0.39 is 16.7 Å². The molecule has 3 rings (SSSR count). The van der Waals surface area contributed by atoms with Crippen molar-refractivity contribution in [2.24, 2.45) is 11.1 Å². The van der Waals surface area contributed by atoms with Crippen molar-refractivity contribution in [2.75, 3.05) is 19.6 Å². The number of carbonyl (C=O) groups is 3. The Morgan fingerprint density at radius 2 is 1.50 bits per heavy atom. The summed E-state index contributed by atoms with van der Waals surface area (Å²) in [6.45, 7) is 2.98. The molecular weight excluding hydrogens is 410 g/mol. The average molecular weight is 440 g/mol. The standard InChI is InChI=1S/C24H29N3O5/c1-23(17-2-6-19(29)7-3-17,18-4-8-20(30)9-5-18)10-13-26-22(32)27-14-11-24(16-28,12-15-27)21(25)31/h2-9,16,29-30H,10-15H2,1H3,(H2,25,31)(H,26,32). The van der Waals surface area contributed by atoms with Crippen LogP contribution in [0.5, 0.6) is 11.5 Å². The van der Waals surface area contributed by atoms with Gasteiger partial charge in [0.15, 0.2) is 0 Å². The Balaban J connectivity index is 1.67. The normalized spacial score (nSPS) is 15.7. The van der Waals surface area contributed by atoms with Gasteiger partial charge in [-0.05, 0) is 54.7 Å². The largest absolute Gasteiger partial charge is 0.508 e. The van der Waals surface area contributed by atoms with Crippen LogP contribution in [0.15, 0.2) is 48.5 Å². The van der Waals surface area contributed by atoms with Crippen LogP contribution < -0.4 is 11.1 Å². The van der Waals surface area contributed by atoms with Crippen LogP contribution in [0.3, 0.4) is 0 Å². The number of likely N-dealkylation sites (tertiary alicyclic amines) is 1. The zero-order chi connectivity index (χ0) is 23.4. The topological polar surface area (TPSA) is 133 Å². The molecule has 0 unspecified atom stereocenters. The first-order valence-corrected chi connectivity index (χ1v) is 10.6. The number of nitrogens with one attached hydrogen (secondary N) is 1. The summed E-state index contributed by atoms with van der Waals surface area (Å²) in [6.07, 6.45) is 1.61. The van der Waals surface area contributed by atoms with Gasteiger partial charge in [-0.1, -0.05) is 31.2 Å². The number of urea groups is 1. The summed E-state index contributed by atoms with van der Waals surface area (Å²) in [5, 5.41) is 22.3. The molecule has 8 nitrogen and oxygen atoms in total. The molecule has 2 aromatic carbocycles. The van der Waals surface area contributed by atoms with Crippen molar-refractivity contribution in [3.63, 3.8) is 0 Å². The van der Waals surface area contributed by atoms with Crippen molar-refractivity contribution >= 4 is 18.2 Å². The monoisotopic (exact) mass is 439 g/mol. The van der Waals surface area contributed by atoms with Gasteiger partial charge in [0, 0.05) is 25.0 Å². The molecular formula is C24H29N3O5. The van der Waals surface area contributed by atoms with E-state index in [2.05, 4.69) is 5.32 Å². The van der Waals surface area contributed by atoms with E-state index in [1.54, 1.807) is 29.2 Å². The molecule has 1 heterocycles. The molecule has 0 saturated carbocycles. The maximum Gasteiger partial charge on any atom is 0.317 e. The van der Waals surface area contributed by atoms with Crippen LogP contribution in [0.1, 0.15) is 37.3 Å². The Labute approximate surface area is 187 Å². The highest BCUT2D eigenvalue weighted by atomic mass is 16.3. The fourth-order valence-electron chi connectivity index (χ4n) is 4.18. The molecule has 0 spiro atoms. The molecule has 0 aromatic heterocycles. The lowest BCUT2D eigenvalue weighted by Gasteiger charge is -2.36. The van der Waals surface area contributed by atoms with Gasteiger partial charge in [-0.15, -0.1) is 0 Å². The number of phenolic OH excluding ortho intramolecular Hbond substituents is 2. The number of aldehydes is 1. The maximum atomic E-state index is 12.7. The molecule has 8 heteroatoms. The van der Waals surface area contributed by atoms with Gasteiger partial charge in [-0.3, -0.25) is 4.79 Å². The van der Waals surface area contributed by atoms with Crippen molar-refractivity contribution in [3.05, 3.63) is 59.7 Å². The molecule has 5 N–H and O–H groups in total. The third-order valence-corrected chi connectivity index (χ3v) is 6.57. The van der Waals surface area contributed by atoms with E-state index in [-0.39, 0.29) is 43.5 Å². The predicted octanol–water partition coefficient (Wildman–Crippen LogP) is 2.27. The van der Waals surface area contributed by atoms with E-state index in [4.69, 9.17) is 5.73 Å². The highest BCUT2D eigenvalue weighted by Crippen LogP contribution is 2.36. The Bertz CT molecular complexity index is 919. The minimum atomic E-state index is -1.19. The minimum Gasteiger partial charge on any atom is -0.508 e. The number of amides is 3. The van der Waals surface area contributed by atoms with Gasteiger partial charge in [0.1, 0.15) is 23.2 Å². The Hall–Kier alpha value is -3.55. The van der Waals surface area contributed by atoms with Crippen molar-refractivity contribution in [1.29, 1.82) is 0 Å². The van der Waals surface area contributed by atoms with Gasteiger partial charge in [0.25, 0.3) is 0 Å². The molecule has 0 bridgehead atoms. The average Bonchev–Trinajstić information content (AvgIpc) is 2.79. The first-order chi connectivity index (χ1) is 15.2. The molecule has 0 aliphatic carbocycles. The highest BCUT2D eigenvalue weighted by molar-refractivity contribution is 5.96. The van der Waals surface area contributed by atoms with Crippen molar-refractivity contribution < 1.29 is 24.6 Å². The lowest BCUT2D eigenvalue weighted by molar-refractivity contribution is -0.136. The first-order valence-electron chi connectivity index (χ1n) is 10.6. The summed E-state index contributed by atoms with van der Waals surface area (Å²) in [7, 11) is 0. The lowest BCUT2D eigenvalue weighted by atomic mass is 9.73. The molecule has 1 aliphatic heterocycles. The Kier molecular flexibility index (Phi) is 6.72. The Morgan fingerprint density at radius 1 is 1.03 bits per heavy atom. The number of primary amides is 1. The molecule has 170 valence electrons. The van der Waals surface area contributed by atoms with E-state index in [0.29, 0.717) is 19.3 Å². The number of rotatable bonds is 7. The summed E-state index contributed by atoms with van der Waals surface area (Å²) in [6, 6.07) is 13.6. The van der Waals surface area contributed by atoms with Crippen molar-refractivity contribution in [1.82, 2.24) is 10.2 Å². The summed E-state index contributed by atoms with van der Waals surface area (Å²) in [4.78, 5) is 37.2. The third-order valence-electron chi connectivity index (χ3n) is 6.57. The molecule has 32 heavy (non-hydrogen) atoms. The SMILES string of the molecule is CC(CCNC(=O)N1CCC(C=O)(C(N)=O)CC1)(c1ccc(O)cc1)c1ccc(O)cc1. The minimum absolute atomic E-state index is 0.169. The molecule has 3 amide bonds. The summed E-state index contributed by atoms with van der Waals surface area (Å²) in [5.74, 6) is -0.309. The van der Waals surface area contributed by atoms with E-state index >= 15 is 0 Å². The van der Waals surface area contributed by atoms with Crippen LogP contribution in [-0.4, -0.2) is 53.0 Å². The lowest BCUT2D eigenvalue weighted by Crippen LogP contribution is -2.52. The number of nitrogens with zero attached hydrogens (tertiary/aromatic N) is 1. The van der Waals surface area contributed by atoms with E-state index in [1.807, 2.05) is 31.2 Å². The number of nitrogens with two attached hydrogens (primary N) is 1. The smallest absolute Gasteiger partial charge is 0.317 e. The van der Waals surface area contributed by atoms with Crippen LogP contribution in [0, 0.1) is 5.41 Å². The second kappa shape index (κ2) is 9.30. The van der Waals surface area contributed by atoms with Gasteiger partial charge >= 0.3 is 6.03 Å². The van der Waals surface area contributed by atoms with E-state index in [9.17, 15) is 24.6 Å². The molecule has 1 saturated heterocycles. The van der Waals surface area contributed by atoms with Crippen molar-refractivity contribution in [2.45, 2.75) is 31.6 Å². The summed E-state index contributed by atoms with van der Waals surface area (Å²) >= 11 is 0. The summed E-state index contributed by atoms with van der Waals surface area (Å²) < 4.78 is 0. The number of piperidine rings is 1. The fourth-order valence-corrected chi connectivity index (χ4v) is 4.18. The van der Waals surface area contributed by atoms with Crippen LogP contribution in [-0.2, 0) is 15.0 Å². The number of hydrogen-bond donors (Lipinski definition) is 4. The first kappa shape index (κ1) is 23.1. The quantitative estimate of drug-likeness (QED) is 0.388. The molecule has 0 atom stereocenters. The van der Waals surface area contributed by atoms with Gasteiger partial charge in [0.05, 0.1) is 0 Å². The maximum absolute atomic E-state index is 12.7. The molecule has 0 radical (unpaired) electrons. The third kappa shape index (κ3) is 4.69. The predicted molar refractivity (Wildman–Crippen MR) is 119 cm³/mol. The zero-order valence-electron chi connectivity index (χ0n) is 18.1. The number of carbonyl (C=O) groups excluding carboxylic acids is 3. The van der Waals surface area contributed by atoms with Crippen LogP contribution in [0.4, 0.5) is 4.79 Å². The number of phenols is 2. The van der Waals surface area contributed by atoms with E-state index in [1.165, 1.54) is 0 Å². The van der Waals surface area contributed by atoms with E-state index in [0.717, 1.165) is 11.1 Å². The van der Waals surface area contributed by atoms with Gasteiger partial charge < -0.3 is 31.0 Å². The van der Waals surface area contributed by atoms with Gasteiger partial charge in [-0.25, -0.2) is 4.79 Å². The Morgan fingerprint density at radius 3 is 1.91 bits per heavy atom. The van der Waals surface area contributed by atoms with Crippen LogP contribution in [0.2, 0.25) is 0 Å². The molecule has 1 aliphatic rings. The number of hydrogen-bond acceptors (Lipinski definition) is 5. The number of benzene rings is 2. The number of aromatic hydroxyl groups is 2. The molecule has 1 fully saturated rings.